The Hall–Kier alpha value is -2.01. The molecule has 23 heavy (non-hydrogen) atoms. The summed E-state index contributed by atoms with van der Waals surface area (Å²) < 4.78 is 10.8. The third-order valence-corrected chi connectivity index (χ3v) is 5.14. The van der Waals surface area contributed by atoms with Gasteiger partial charge in [0, 0.05) is 18.0 Å². The Kier molecular flexibility index (Phi) is 4.86. The molecule has 1 aliphatic heterocycles. The smallest absolute Gasteiger partial charge is 0.227 e. The predicted molar refractivity (Wildman–Crippen MR) is 91.6 cm³/mol. The second-order valence-corrected chi connectivity index (χ2v) is 6.65. The number of fused-ring (bicyclic) bond motifs is 1. The molecule has 0 aliphatic carbocycles. The number of benzene rings is 1. The second-order valence-electron chi connectivity index (χ2n) is 5.61. The fourth-order valence-corrected chi connectivity index (χ4v) is 3.67. The summed E-state index contributed by atoms with van der Waals surface area (Å²) in [6.07, 6.45) is 2.21. The SMILES string of the molecule is COc1cc2c(cc1OC)CCN(C(=O)Cc1cccs1)CC2. The fourth-order valence-electron chi connectivity index (χ4n) is 2.97. The number of carbonyl (C=O) groups excluding carboxylic acids is 1. The average Bonchev–Trinajstić information content (AvgIpc) is 2.98. The number of carbonyl (C=O) groups is 1. The molecule has 0 radical (unpaired) electrons. The maximum atomic E-state index is 12.5. The molecule has 0 N–H and O–H groups in total. The van der Waals surface area contributed by atoms with Crippen molar-refractivity contribution in [2.24, 2.45) is 0 Å². The van der Waals surface area contributed by atoms with Crippen LogP contribution in [0.3, 0.4) is 0 Å². The minimum Gasteiger partial charge on any atom is -0.493 e. The molecule has 0 unspecified atom stereocenters. The van der Waals surface area contributed by atoms with E-state index < -0.39 is 0 Å². The Morgan fingerprint density at radius 1 is 1.13 bits per heavy atom. The number of ether oxygens (including phenoxy) is 2. The summed E-state index contributed by atoms with van der Waals surface area (Å²) in [5, 5.41) is 2.01. The van der Waals surface area contributed by atoms with E-state index in [0.717, 1.165) is 42.3 Å². The normalized spacial score (nSPS) is 14.1. The van der Waals surface area contributed by atoms with E-state index in [0.29, 0.717) is 6.42 Å². The minimum atomic E-state index is 0.208. The van der Waals surface area contributed by atoms with Crippen LogP contribution in [0.15, 0.2) is 29.6 Å². The highest BCUT2D eigenvalue weighted by Gasteiger charge is 2.20. The molecule has 4 nitrogen and oxygen atoms in total. The summed E-state index contributed by atoms with van der Waals surface area (Å²) >= 11 is 1.64. The molecule has 1 amide bonds. The second kappa shape index (κ2) is 7.04. The maximum Gasteiger partial charge on any atom is 0.227 e. The van der Waals surface area contributed by atoms with Gasteiger partial charge in [-0.1, -0.05) is 6.07 Å². The van der Waals surface area contributed by atoms with Crippen molar-refractivity contribution < 1.29 is 14.3 Å². The zero-order valence-corrected chi connectivity index (χ0v) is 14.3. The van der Waals surface area contributed by atoms with Crippen LogP contribution in [-0.4, -0.2) is 38.1 Å². The molecule has 0 bridgehead atoms. The van der Waals surface area contributed by atoms with Gasteiger partial charge in [-0.2, -0.15) is 0 Å². The van der Waals surface area contributed by atoms with Crippen LogP contribution in [0.2, 0.25) is 0 Å². The first-order valence-corrected chi connectivity index (χ1v) is 8.63. The van der Waals surface area contributed by atoms with E-state index in [-0.39, 0.29) is 5.91 Å². The van der Waals surface area contributed by atoms with Crippen molar-refractivity contribution in [3.05, 3.63) is 45.6 Å². The van der Waals surface area contributed by atoms with E-state index in [4.69, 9.17) is 9.47 Å². The van der Waals surface area contributed by atoms with E-state index >= 15 is 0 Å². The number of methoxy groups -OCH3 is 2. The lowest BCUT2D eigenvalue weighted by molar-refractivity contribution is -0.130. The molecule has 1 aromatic carbocycles. The van der Waals surface area contributed by atoms with Crippen LogP contribution < -0.4 is 9.47 Å². The van der Waals surface area contributed by atoms with Crippen LogP contribution in [-0.2, 0) is 24.1 Å². The lowest BCUT2D eigenvalue weighted by atomic mass is 10.0. The zero-order valence-electron chi connectivity index (χ0n) is 13.5. The Bertz CT molecular complexity index is 647. The molecule has 1 aromatic heterocycles. The van der Waals surface area contributed by atoms with Crippen LogP contribution >= 0.6 is 11.3 Å². The van der Waals surface area contributed by atoms with E-state index in [9.17, 15) is 4.79 Å². The van der Waals surface area contributed by atoms with E-state index in [1.807, 2.05) is 34.5 Å². The van der Waals surface area contributed by atoms with Gasteiger partial charge in [-0.15, -0.1) is 11.3 Å². The molecule has 5 heteroatoms. The Labute approximate surface area is 140 Å². The summed E-state index contributed by atoms with van der Waals surface area (Å²) in [6, 6.07) is 8.10. The number of thiophene rings is 1. The number of rotatable bonds is 4. The molecule has 0 fully saturated rings. The predicted octanol–water partition coefficient (Wildman–Crippen LogP) is 2.94. The Balaban J connectivity index is 1.73. The highest BCUT2D eigenvalue weighted by atomic mass is 32.1. The van der Waals surface area contributed by atoms with E-state index in [1.54, 1.807) is 25.6 Å². The molecule has 0 atom stereocenters. The van der Waals surface area contributed by atoms with Gasteiger partial charge < -0.3 is 14.4 Å². The van der Waals surface area contributed by atoms with E-state index in [1.165, 1.54) is 11.1 Å². The standard InChI is InChI=1S/C18H21NO3S/c1-21-16-10-13-5-7-19(8-6-14(13)11-17(16)22-2)18(20)12-15-4-3-9-23-15/h3-4,9-11H,5-8,12H2,1-2H3. The largest absolute Gasteiger partial charge is 0.493 e. The molecule has 2 aromatic rings. The quantitative estimate of drug-likeness (QED) is 0.865. The lowest BCUT2D eigenvalue weighted by Gasteiger charge is -2.19. The summed E-state index contributed by atoms with van der Waals surface area (Å²) in [7, 11) is 3.30. The van der Waals surface area contributed by atoms with Crippen molar-refractivity contribution in [2.75, 3.05) is 27.3 Å². The van der Waals surface area contributed by atoms with Gasteiger partial charge in [0.25, 0.3) is 0 Å². The highest BCUT2D eigenvalue weighted by Crippen LogP contribution is 2.32. The average molecular weight is 331 g/mol. The first-order valence-electron chi connectivity index (χ1n) is 7.75. The summed E-state index contributed by atoms with van der Waals surface area (Å²) in [5.74, 6) is 1.72. The van der Waals surface area contributed by atoms with Crippen molar-refractivity contribution in [2.45, 2.75) is 19.3 Å². The molecule has 1 aliphatic rings. The molecule has 3 rings (SSSR count). The van der Waals surface area contributed by atoms with Crippen LogP contribution in [0.5, 0.6) is 11.5 Å². The Morgan fingerprint density at radius 3 is 2.22 bits per heavy atom. The van der Waals surface area contributed by atoms with E-state index in [2.05, 4.69) is 0 Å². The fraction of sp³-hybridized carbons (Fsp3) is 0.389. The van der Waals surface area contributed by atoms with Crippen molar-refractivity contribution in [1.29, 1.82) is 0 Å². The number of nitrogens with zero attached hydrogens (tertiary/aromatic N) is 1. The van der Waals surface area contributed by atoms with Crippen molar-refractivity contribution in [3.63, 3.8) is 0 Å². The highest BCUT2D eigenvalue weighted by molar-refractivity contribution is 7.10. The molecule has 0 saturated heterocycles. The van der Waals surface area contributed by atoms with Gasteiger partial charge in [-0.3, -0.25) is 4.79 Å². The van der Waals surface area contributed by atoms with Gasteiger partial charge in [-0.05, 0) is 47.5 Å². The van der Waals surface area contributed by atoms with Crippen LogP contribution in [0.4, 0.5) is 0 Å². The Morgan fingerprint density at radius 2 is 1.74 bits per heavy atom. The first kappa shape index (κ1) is 15.9. The van der Waals surface area contributed by atoms with Crippen LogP contribution in [0, 0.1) is 0 Å². The van der Waals surface area contributed by atoms with Crippen LogP contribution in [0.25, 0.3) is 0 Å². The molecule has 0 spiro atoms. The van der Waals surface area contributed by atoms with Crippen molar-refractivity contribution in [1.82, 2.24) is 4.90 Å². The minimum absolute atomic E-state index is 0.208. The third-order valence-electron chi connectivity index (χ3n) is 4.27. The third kappa shape index (κ3) is 3.50. The first-order chi connectivity index (χ1) is 11.2. The number of amides is 1. The molecule has 0 saturated carbocycles. The van der Waals surface area contributed by atoms with Gasteiger partial charge in [0.2, 0.25) is 5.91 Å². The van der Waals surface area contributed by atoms with Crippen molar-refractivity contribution in [3.8, 4) is 11.5 Å². The van der Waals surface area contributed by atoms with Gasteiger partial charge in [0.15, 0.2) is 11.5 Å². The van der Waals surface area contributed by atoms with Gasteiger partial charge in [0.1, 0.15) is 0 Å². The topological polar surface area (TPSA) is 38.8 Å². The van der Waals surface area contributed by atoms with Gasteiger partial charge >= 0.3 is 0 Å². The molecule has 122 valence electrons. The number of hydrogen-bond acceptors (Lipinski definition) is 4. The molecule has 2 heterocycles. The van der Waals surface area contributed by atoms with Gasteiger partial charge in [-0.25, -0.2) is 0 Å². The summed E-state index contributed by atoms with van der Waals surface area (Å²) in [4.78, 5) is 15.6. The number of hydrogen-bond donors (Lipinski definition) is 0. The monoisotopic (exact) mass is 331 g/mol. The lowest BCUT2D eigenvalue weighted by Crippen LogP contribution is -2.34. The van der Waals surface area contributed by atoms with Crippen LogP contribution in [0.1, 0.15) is 16.0 Å². The van der Waals surface area contributed by atoms with Gasteiger partial charge in [0.05, 0.1) is 20.6 Å². The zero-order chi connectivity index (χ0) is 16.2. The van der Waals surface area contributed by atoms with Crippen molar-refractivity contribution >= 4 is 17.2 Å². The maximum absolute atomic E-state index is 12.5. The molecular formula is C18H21NO3S. The molecular weight excluding hydrogens is 310 g/mol. The summed E-state index contributed by atoms with van der Waals surface area (Å²) in [6.45, 7) is 1.51. The summed E-state index contributed by atoms with van der Waals surface area (Å²) in [5.41, 5.74) is 2.49.